The van der Waals surface area contributed by atoms with Gasteiger partial charge in [-0.3, -0.25) is 0 Å². The van der Waals surface area contributed by atoms with Crippen LogP contribution in [-0.2, 0) is 11.2 Å². The van der Waals surface area contributed by atoms with E-state index in [9.17, 15) is 4.79 Å². The minimum absolute atomic E-state index is 0.184. The van der Waals surface area contributed by atoms with Crippen molar-refractivity contribution in [3.63, 3.8) is 0 Å². The minimum atomic E-state index is -0.416. The van der Waals surface area contributed by atoms with Crippen molar-refractivity contribution in [2.75, 3.05) is 6.54 Å². The van der Waals surface area contributed by atoms with Crippen LogP contribution in [-0.4, -0.2) is 29.2 Å². The molecule has 1 saturated heterocycles. The number of ether oxygens (including phenoxy) is 1. The molecule has 0 aliphatic carbocycles. The third-order valence-corrected chi connectivity index (χ3v) is 3.36. The summed E-state index contributed by atoms with van der Waals surface area (Å²) < 4.78 is 5.42. The van der Waals surface area contributed by atoms with Gasteiger partial charge in [0.05, 0.1) is 0 Å². The van der Waals surface area contributed by atoms with Crippen LogP contribution in [0.1, 0.15) is 52.2 Å². The predicted octanol–water partition coefficient (Wildman–Crippen LogP) is 4.57. The third-order valence-electron chi connectivity index (χ3n) is 3.36. The number of nitrogens with zero attached hydrogens (tertiary/aromatic N) is 1. The van der Waals surface area contributed by atoms with Crippen LogP contribution in [0.2, 0.25) is 0 Å². The number of benzene rings is 1. The van der Waals surface area contributed by atoms with Gasteiger partial charge >= 0.3 is 6.09 Å². The Morgan fingerprint density at radius 2 is 1.81 bits per heavy atom. The molecule has 1 amide bonds. The van der Waals surface area contributed by atoms with Gasteiger partial charge < -0.3 is 9.64 Å². The first-order valence-electron chi connectivity index (χ1n) is 7.90. The average Bonchev–Trinajstić information content (AvgIpc) is 2.36. The highest BCUT2D eigenvalue weighted by Gasteiger charge is 2.34. The largest absolute Gasteiger partial charge is 0.444 e. The molecule has 0 N–H and O–H groups in total. The van der Waals surface area contributed by atoms with E-state index >= 15 is 0 Å². The number of aryl methyl sites for hydroxylation is 1. The van der Waals surface area contributed by atoms with Gasteiger partial charge in [0.1, 0.15) is 5.60 Å². The van der Waals surface area contributed by atoms with Crippen molar-refractivity contribution in [1.29, 1.82) is 0 Å². The lowest BCUT2D eigenvalue weighted by atomic mass is 9.95. The number of carbonyl (C=O) groups is 1. The Balaban J connectivity index is 0.00000106. The highest BCUT2D eigenvalue weighted by atomic mass is 16.6. The molecule has 1 aliphatic rings. The maximum Gasteiger partial charge on any atom is 0.410 e. The molecule has 1 unspecified atom stereocenters. The fraction of sp³-hybridized carbons (Fsp3) is 0.611. The first-order chi connectivity index (χ1) is 9.85. The van der Waals surface area contributed by atoms with E-state index in [1.165, 1.54) is 11.1 Å². The summed E-state index contributed by atoms with van der Waals surface area (Å²) in [5.41, 5.74) is 2.13. The van der Waals surface area contributed by atoms with Crippen molar-refractivity contribution in [2.24, 2.45) is 0 Å². The molecule has 0 saturated carbocycles. The lowest BCUT2D eigenvalue weighted by Crippen LogP contribution is -2.53. The van der Waals surface area contributed by atoms with Gasteiger partial charge in [0, 0.05) is 12.6 Å². The van der Waals surface area contributed by atoms with Gasteiger partial charge in [0.2, 0.25) is 0 Å². The van der Waals surface area contributed by atoms with Crippen LogP contribution >= 0.6 is 0 Å². The second kappa shape index (κ2) is 7.48. The topological polar surface area (TPSA) is 29.5 Å². The van der Waals surface area contributed by atoms with Crippen molar-refractivity contribution >= 4 is 6.09 Å². The fourth-order valence-corrected chi connectivity index (χ4v) is 2.21. The van der Waals surface area contributed by atoms with Gasteiger partial charge in [0.15, 0.2) is 0 Å². The molecule has 0 bridgehead atoms. The van der Waals surface area contributed by atoms with Crippen LogP contribution in [0.3, 0.4) is 0 Å². The zero-order valence-electron chi connectivity index (χ0n) is 14.3. The third kappa shape index (κ3) is 5.41. The van der Waals surface area contributed by atoms with E-state index in [0.717, 1.165) is 19.4 Å². The Morgan fingerprint density at radius 3 is 2.24 bits per heavy atom. The maximum absolute atomic E-state index is 12.0. The van der Waals surface area contributed by atoms with Gasteiger partial charge in [-0.1, -0.05) is 43.7 Å². The van der Waals surface area contributed by atoms with Gasteiger partial charge in [-0.2, -0.15) is 0 Å². The Labute approximate surface area is 129 Å². The van der Waals surface area contributed by atoms with Gasteiger partial charge in [-0.25, -0.2) is 4.79 Å². The van der Waals surface area contributed by atoms with E-state index in [1.807, 2.05) is 39.5 Å². The van der Waals surface area contributed by atoms with E-state index in [-0.39, 0.29) is 12.1 Å². The van der Waals surface area contributed by atoms with Crippen LogP contribution in [0.4, 0.5) is 4.79 Å². The Bertz CT molecular complexity index is 445. The lowest BCUT2D eigenvalue weighted by Gasteiger charge is -2.41. The molecule has 3 heteroatoms. The summed E-state index contributed by atoms with van der Waals surface area (Å²) in [6, 6.07) is 8.80. The molecule has 0 radical (unpaired) electrons. The van der Waals surface area contributed by atoms with Crippen molar-refractivity contribution in [2.45, 2.75) is 66.0 Å². The number of hydrogen-bond acceptors (Lipinski definition) is 2. The molecule has 1 fully saturated rings. The molecule has 1 aromatic rings. The molecule has 1 aliphatic heterocycles. The summed E-state index contributed by atoms with van der Waals surface area (Å²) in [6.07, 6.45) is 1.79. The second-order valence-corrected chi connectivity index (χ2v) is 6.31. The Hall–Kier alpha value is -1.51. The number of hydrogen-bond donors (Lipinski definition) is 0. The molecule has 0 aromatic heterocycles. The van der Waals surface area contributed by atoms with E-state index in [1.54, 1.807) is 0 Å². The molecule has 21 heavy (non-hydrogen) atoms. The zero-order chi connectivity index (χ0) is 16.0. The molecule has 1 atom stereocenters. The molecule has 0 spiro atoms. The predicted molar refractivity (Wildman–Crippen MR) is 87.6 cm³/mol. The monoisotopic (exact) mass is 291 g/mol. The highest BCUT2D eigenvalue weighted by molar-refractivity contribution is 5.69. The summed E-state index contributed by atoms with van der Waals surface area (Å²) in [5, 5.41) is 0. The molecular weight excluding hydrogens is 262 g/mol. The van der Waals surface area contributed by atoms with Gasteiger partial charge in [0.25, 0.3) is 0 Å². The summed E-state index contributed by atoms with van der Waals surface area (Å²) in [7, 11) is 0. The SMILES string of the molecule is CC.Cc1ccc(CC2CCN2C(=O)OC(C)(C)C)cc1. The molecule has 1 aromatic carbocycles. The van der Waals surface area contributed by atoms with Gasteiger partial charge in [-0.05, 0) is 46.1 Å². The normalized spacial score (nSPS) is 17.4. The summed E-state index contributed by atoms with van der Waals surface area (Å²) in [5.74, 6) is 0. The summed E-state index contributed by atoms with van der Waals surface area (Å²) >= 11 is 0. The van der Waals surface area contributed by atoms with Crippen molar-refractivity contribution in [3.05, 3.63) is 35.4 Å². The quantitative estimate of drug-likeness (QED) is 0.798. The van der Waals surface area contributed by atoms with E-state index < -0.39 is 5.60 Å². The van der Waals surface area contributed by atoms with Crippen LogP contribution in [0.25, 0.3) is 0 Å². The van der Waals surface area contributed by atoms with Crippen LogP contribution in [0.15, 0.2) is 24.3 Å². The Morgan fingerprint density at radius 1 is 1.24 bits per heavy atom. The number of carbonyl (C=O) groups excluding carboxylic acids is 1. The van der Waals surface area contributed by atoms with Gasteiger partial charge in [-0.15, -0.1) is 0 Å². The maximum atomic E-state index is 12.0. The first-order valence-corrected chi connectivity index (χ1v) is 7.90. The number of likely N-dealkylation sites (tertiary alicyclic amines) is 1. The number of amides is 1. The van der Waals surface area contributed by atoms with E-state index in [0.29, 0.717) is 0 Å². The second-order valence-electron chi connectivity index (χ2n) is 6.31. The van der Waals surface area contributed by atoms with E-state index in [4.69, 9.17) is 4.74 Å². The number of rotatable bonds is 2. The van der Waals surface area contributed by atoms with Crippen molar-refractivity contribution in [1.82, 2.24) is 4.90 Å². The van der Waals surface area contributed by atoms with Crippen LogP contribution in [0.5, 0.6) is 0 Å². The minimum Gasteiger partial charge on any atom is -0.444 e. The molecule has 2 rings (SSSR count). The van der Waals surface area contributed by atoms with E-state index in [2.05, 4.69) is 31.2 Å². The molecule has 3 nitrogen and oxygen atoms in total. The van der Waals surface area contributed by atoms with Crippen molar-refractivity contribution < 1.29 is 9.53 Å². The average molecular weight is 291 g/mol. The fourth-order valence-electron chi connectivity index (χ4n) is 2.21. The summed E-state index contributed by atoms with van der Waals surface area (Å²) in [6.45, 7) is 12.6. The zero-order valence-corrected chi connectivity index (χ0v) is 14.3. The first kappa shape index (κ1) is 17.5. The highest BCUT2D eigenvalue weighted by Crippen LogP contribution is 2.24. The lowest BCUT2D eigenvalue weighted by molar-refractivity contribution is -0.00498. The smallest absolute Gasteiger partial charge is 0.410 e. The van der Waals surface area contributed by atoms with Crippen LogP contribution < -0.4 is 0 Å². The van der Waals surface area contributed by atoms with Crippen molar-refractivity contribution in [3.8, 4) is 0 Å². The Kier molecular flexibility index (Phi) is 6.25. The molecular formula is C18H29NO2. The standard InChI is InChI=1S/C16H23NO2.C2H6/c1-12-5-7-13(8-6-12)11-14-9-10-17(14)15(18)19-16(2,3)4;1-2/h5-8,14H,9-11H2,1-4H3;1-2H3. The molecule has 1 heterocycles. The summed E-state index contributed by atoms with van der Waals surface area (Å²) in [4.78, 5) is 13.8. The molecule has 118 valence electrons. The van der Waals surface area contributed by atoms with Crippen LogP contribution in [0, 0.1) is 6.92 Å².